The maximum absolute atomic E-state index is 12.2. The average Bonchev–Trinajstić information content (AvgIpc) is 3.77. The molecule has 19 heteroatoms. The van der Waals surface area contributed by atoms with E-state index >= 15 is 0 Å². The van der Waals surface area contributed by atoms with Gasteiger partial charge in [-0.05, 0) is 86.1 Å². The molecule has 69 heavy (non-hydrogen) atoms. The minimum atomic E-state index is -1.48. The minimum absolute atomic E-state index is 0.0250. The summed E-state index contributed by atoms with van der Waals surface area (Å²) >= 11 is 0. The number of carbonyl (C=O) groups is 8. The summed E-state index contributed by atoms with van der Waals surface area (Å²) in [6.45, 7) is 9.38. The van der Waals surface area contributed by atoms with Crippen LogP contribution in [0.1, 0.15) is 88.5 Å². The highest BCUT2D eigenvalue weighted by Gasteiger charge is 2.31. The highest BCUT2D eigenvalue weighted by Crippen LogP contribution is 2.45. The Morgan fingerprint density at radius 3 is 1.22 bits per heavy atom. The number of nitrogens with two attached hydrogens (primary N) is 1. The van der Waals surface area contributed by atoms with Gasteiger partial charge in [-0.3, -0.25) is 24.0 Å². The third-order valence-electron chi connectivity index (χ3n) is 10.0. The van der Waals surface area contributed by atoms with Crippen molar-refractivity contribution in [2.45, 2.75) is 89.5 Å². The van der Waals surface area contributed by atoms with E-state index in [2.05, 4.69) is 28.1 Å². The Morgan fingerprint density at radius 2 is 0.884 bits per heavy atom. The van der Waals surface area contributed by atoms with Gasteiger partial charge in [0.15, 0.2) is 0 Å². The van der Waals surface area contributed by atoms with E-state index in [0.717, 1.165) is 44.5 Å². The highest BCUT2D eigenvalue weighted by molar-refractivity contribution is 5.89. The van der Waals surface area contributed by atoms with E-state index in [-0.39, 0.29) is 31.5 Å². The number of rotatable bonds is 15. The zero-order valence-corrected chi connectivity index (χ0v) is 39.1. The first-order chi connectivity index (χ1) is 32.4. The van der Waals surface area contributed by atoms with Crippen LogP contribution in [0.25, 0.3) is 22.3 Å². The molecule has 368 valence electrons. The summed E-state index contributed by atoms with van der Waals surface area (Å²) in [5, 5.41) is 32.9. The lowest BCUT2D eigenvalue weighted by Crippen LogP contribution is -2.47. The van der Waals surface area contributed by atoms with E-state index in [0.29, 0.717) is 0 Å². The quantitative estimate of drug-likeness (QED) is 0.0566. The van der Waals surface area contributed by atoms with Crippen LogP contribution in [0.5, 0.6) is 0 Å². The van der Waals surface area contributed by atoms with Crippen LogP contribution in [0.2, 0.25) is 0 Å². The number of amides is 3. The number of ether oxygens (including phenoxy) is 4. The summed E-state index contributed by atoms with van der Waals surface area (Å²) in [6, 6.07) is 29.2. The summed E-state index contributed by atoms with van der Waals surface area (Å²) in [6.07, 6.45) is -2.36. The summed E-state index contributed by atoms with van der Waals surface area (Å²) in [5.74, 6) is -5.98. The molecule has 0 aromatic heterocycles. The molecule has 6 rings (SSSR count). The van der Waals surface area contributed by atoms with Crippen molar-refractivity contribution in [3.8, 4) is 22.3 Å². The van der Waals surface area contributed by atoms with Crippen molar-refractivity contribution in [2.75, 3.05) is 26.3 Å². The highest BCUT2D eigenvalue weighted by atomic mass is 16.6. The Morgan fingerprint density at radius 1 is 0.536 bits per heavy atom. The molecule has 19 nitrogen and oxygen atoms in total. The van der Waals surface area contributed by atoms with Crippen molar-refractivity contribution in [3.63, 3.8) is 0 Å². The number of nitrogens with one attached hydrogen (secondary N) is 3. The Labute approximate surface area is 398 Å². The zero-order valence-electron chi connectivity index (χ0n) is 39.1. The monoisotopic (exact) mass is 954 g/mol. The molecule has 0 spiro atoms. The second-order valence-electron chi connectivity index (χ2n) is 17.7. The van der Waals surface area contributed by atoms with Gasteiger partial charge < -0.3 is 56.0 Å². The molecular formula is C50H58N4O15. The molecule has 3 amide bonds. The molecule has 0 bridgehead atoms. The third-order valence-corrected chi connectivity index (χ3v) is 10.0. The number of esters is 2. The first kappa shape index (κ1) is 53.8. The van der Waals surface area contributed by atoms with E-state index < -0.39 is 90.7 Å². The average molecular weight is 955 g/mol. The van der Waals surface area contributed by atoms with E-state index in [9.17, 15) is 43.5 Å². The van der Waals surface area contributed by atoms with Gasteiger partial charge in [0.05, 0.1) is 12.8 Å². The van der Waals surface area contributed by atoms with Crippen LogP contribution in [0.4, 0.5) is 9.59 Å². The SMILES string of the molecule is CC(C)(C)OC(=O)C[C@H](N)C(=O)O.CC(C)(C)OC(=O)C[C@H](NC(=O)CNC(=O)OCC1c2ccccc2-c2ccccc21)C(=O)O.O=C(O)CNC(=O)OCC1c2ccccc2-c2ccccc21. The summed E-state index contributed by atoms with van der Waals surface area (Å²) in [4.78, 5) is 90.8. The van der Waals surface area contributed by atoms with Gasteiger partial charge in [0.25, 0.3) is 0 Å². The van der Waals surface area contributed by atoms with Crippen LogP contribution in [-0.2, 0) is 47.7 Å². The van der Waals surface area contributed by atoms with Gasteiger partial charge in [-0.1, -0.05) is 97.1 Å². The van der Waals surface area contributed by atoms with Gasteiger partial charge in [-0.2, -0.15) is 0 Å². The Hall–Kier alpha value is -7.80. The lowest BCUT2D eigenvalue weighted by atomic mass is 9.98. The second kappa shape index (κ2) is 24.3. The van der Waals surface area contributed by atoms with Crippen LogP contribution < -0.4 is 21.7 Å². The fourth-order valence-corrected chi connectivity index (χ4v) is 7.24. The molecule has 0 aliphatic heterocycles. The number of carbonyl (C=O) groups excluding carboxylic acids is 5. The molecular weight excluding hydrogens is 897 g/mol. The lowest BCUT2D eigenvalue weighted by molar-refractivity contribution is -0.158. The molecule has 0 fully saturated rings. The number of carboxylic acid groups (broad SMARTS) is 3. The predicted octanol–water partition coefficient (Wildman–Crippen LogP) is 5.57. The smallest absolute Gasteiger partial charge is 0.407 e. The number of benzene rings is 4. The Kier molecular flexibility index (Phi) is 18.9. The van der Waals surface area contributed by atoms with E-state index in [4.69, 9.17) is 34.9 Å². The Bertz CT molecular complexity index is 2420. The molecule has 4 aromatic rings. The van der Waals surface area contributed by atoms with Crippen molar-refractivity contribution >= 4 is 47.9 Å². The molecule has 4 aromatic carbocycles. The maximum atomic E-state index is 12.2. The zero-order chi connectivity index (χ0) is 51.1. The number of alkyl carbamates (subject to hydrolysis) is 2. The summed E-state index contributed by atoms with van der Waals surface area (Å²) < 4.78 is 20.5. The van der Waals surface area contributed by atoms with Gasteiger partial charge in [0, 0.05) is 11.8 Å². The van der Waals surface area contributed by atoms with Gasteiger partial charge in [0.2, 0.25) is 5.91 Å². The third kappa shape index (κ3) is 16.8. The number of aliphatic carboxylic acids is 3. The van der Waals surface area contributed by atoms with Crippen LogP contribution in [0, 0.1) is 0 Å². The normalized spacial score (nSPS) is 13.0. The molecule has 2 atom stereocenters. The second-order valence-corrected chi connectivity index (χ2v) is 17.7. The van der Waals surface area contributed by atoms with E-state index in [1.807, 2.05) is 84.9 Å². The van der Waals surface area contributed by atoms with Crippen LogP contribution >= 0.6 is 0 Å². The molecule has 0 radical (unpaired) electrons. The Balaban J connectivity index is 0.000000253. The molecule has 2 aliphatic carbocycles. The number of hydrogen-bond donors (Lipinski definition) is 7. The van der Waals surface area contributed by atoms with E-state index in [1.165, 1.54) is 0 Å². The fraction of sp³-hybridized carbons (Fsp3) is 0.360. The van der Waals surface area contributed by atoms with Gasteiger partial charge >= 0.3 is 42.0 Å². The van der Waals surface area contributed by atoms with Crippen LogP contribution in [0.15, 0.2) is 97.1 Å². The summed E-state index contributed by atoms with van der Waals surface area (Å²) in [5.41, 5.74) is 12.6. The van der Waals surface area contributed by atoms with E-state index in [1.54, 1.807) is 41.5 Å². The van der Waals surface area contributed by atoms with Crippen molar-refractivity contribution in [3.05, 3.63) is 119 Å². The first-order valence-corrected chi connectivity index (χ1v) is 21.8. The molecule has 0 saturated heterocycles. The number of fused-ring (bicyclic) bond motifs is 6. The van der Waals surface area contributed by atoms with Gasteiger partial charge in [0.1, 0.15) is 49.6 Å². The minimum Gasteiger partial charge on any atom is -0.480 e. The fourth-order valence-electron chi connectivity index (χ4n) is 7.24. The molecule has 2 aliphatic rings. The molecule has 8 N–H and O–H groups in total. The summed E-state index contributed by atoms with van der Waals surface area (Å²) in [7, 11) is 0. The first-order valence-electron chi connectivity index (χ1n) is 21.8. The maximum Gasteiger partial charge on any atom is 0.407 e. The van der Waals surface area contributed by atoms with Gasteiger partial charge in [-0.15, -0.1) is 0 Å². The molecule has 0 saturated carbocycles. The van der Waals surface area contributed by atoms with Crippen molar-refractivity contribution < 1.29 is 72.6 Å². The number of carboxylic acids is 3. The standard InChI is InChI=1S/C25H28N2O7.C17H15NO4.C8H15NO4/c1-25(2,3)34-22(29)12-20(23(30)31)27-21(28)13-26-24(32)33-14-19-17-10-6-4-8-15(17)16-9-5-7-11-18(16)19;19-16(20)9-18-17(21)22-10-15-13-7-3-1-5-11(13)12-6-2-4-8-14(12)15;1-8(2,3)13-6(10)4-5(9)7(11)12/h4-11,19-20H,12-14H2,1-3H3,(H,26,32)(H,27,28)(H,30,31);1-8,15H,9-10H2,(H,18,21)(H,19,20);5H,4,9H2,1-3H3,(H,11,12)/t20-;;5-/m0.0/s1. The number of hydrogen-bond acceptors (Lipinski definition) is 13. The predicted molar refractivity (Wildman–Crippen MR) is 250 cm³/mol. The van der Waals surface area contributed by atoms with Crippen LogP contribution in [0.3, 0.4) is 0 Å². The van der Waals surface area contributed by atoms with Crippen molar-refractivity contribution in [2.24, 2.45) is 5.73 Å². The van der Waals surface area contributed by atoms with Crippen molar-refractivity contribution in [1.29, 1.82) is 0 Å². The van der Waals surface area contributed by atoms with Crippen molar-refractivity contribution in [1.82, 2.24) is 16.0 Å². The van der Waals surface area contributed by atoms with Gasteiger partial charge in [-0.25, -0.2) is 14.4 Å². The van der Waals surface area contributed by atoms with Crippen LogP contribution in [-0.4, -0.2) is 113 Å². The topological polar surface area (TPSA) is 296 Å². The molecule has 0 heterocycles. The molecule has 0 unspecified atom stereocenters. The lowest BCUT2D eigenvalue weighted by Gasteiger charge is -2.21. The largest absolute Gasteiger partial charge is 0.480 e.